The number of carbonyl (C=O) groups is 1. The number of carbonyl (C=O) groups excluding carboxylic acids is 1. The Hall–Kier alpha value is -0.870. The van der Waals surface area contributed by atoms with Crippen LogP contribution >= 0.6 is 0 Å². The average Bonchev–Trinajstić information content (AvgIpc) is 3.14. The molecule has 1 unspecified atom stereocenters. The van der Waals surface area contributed by atoms with E-state index in [1.54, 1.807) is 0 Å². The molecule has 0 saturated heterocycles. The van der Waals surface area contributed by atoms with Crippen molar-refractivity contribution < 1.29 is 19.4 Å². The second-order valence-electron chi connectivity index (χ2n) is 15.8. The largest absolute Gasteiger partial charge is 0.457 e. The molecule has 0 saturated carbocycles. The molecule has 304 valence electrons. The third-order valence-corrected chi connectivity index (χ3v) is 10.6. The highest BCUT2D eigenvalue weighted by Gasteiger charge is 2.13. The lowest BCUT2D eigenvalue weighted by Crippen LogP contribution is -2.27. The summed E-state index contributed by atoms with van der Waals surface area (Å²) in [6.45, 7) is 5.39. The average molecular weight is 721 g/mol. The molecule has 0 fully saturated rings. The van der Waals surface area contributed by atoms with Gasteiger partial charge in [-0.15, -0.1) is 0 Å². The number of unbranched alkanes of at least 4 members (excludes halogenated alkanes) is 34. The summed E-state index contributed by atoms with van der Waals surface area (Å²) in [6, 6.07) is 0. The first-order valence-electron chi connectivity index (χ1n) is 23.3. The van der Waals surface area contributed by atoms with Gasteiger partial charge in [0.05, 0.1) is 13.2 Å². The Kier molecular flexibility index (Phi) is 44.5. The Morgan fingerprint density at radius 1 is 0.451 bits per heavy atom. The summed E-state index contributed by atoms with van der Waals surface area (Å²) >= 11 is 0. The highest BCUT2D eigenvalue weighted by molar-refractivity contribution is 5.69. The normalized spacial score (nSPS) is 12.3. The second kappa shape index (κ2) is 45.3. The highest BCUT2D eigenvalue weighted by Crippen LogP contribution is 2.16. The molecule has 0 rings (SSSR count). The van der Waals surface area contributed by atoms with Crippen LogP contribution in [0.3, 0.4) is 0 Å². The van der Waals surface area contributed by atoms with Crippen LogP contribution < -0.4 is 0 Å². The molecule has 51 heavy (non-hydrogen) atoms. The number of hydrogen-bond donors (Lipinski definition) is 1. The van der Waals surface area contributed by atoms with Crippen molar-refractivity contribution in [2.24, 2.45) is 0 Å². The fraction of sp³-hybridized carbons (Fsp3) is 0.936. The van der Waals surface area contributed by atoms with Gasteiger partial charge in [0.2, 0.25) is 0 Å². The van der Waals surface area contributed by atoms with Crippen molar-refractivity contribution in [2.75, 3.05) is 19.8 Å². The van der Waals surface area contributed by atoms with Crippen molar-refractivity contribution in [3.8, 4) is 0 Å². The van der Waals surface area contributed by atoms with E-state index in [1.807, 2.05) is 0 Å². The molecular formula is C47H92O4. The Morgan fingerprint density at radius 2 is 0.765 bits per heavy atom. The number of aliphatic hydroxyl groups excluding tert-OH is 1. The van der Waals surface area contributed by atoms with E-state index in [1.165, 1.54) is 218 Å². The zero-order chi connectivity index (χ0) is 37.0. The number of rotatable bonds is 44. The van der Waals surface area contributed by atoms with Gasteiger partial charge < -0.3 is 14.6 Å². The van der Waals surface area contributed by atoms with Gasteiger partial charge in [-0.25, -0.2) is 0 Å². The molecule has 1 N–H and O–H groups in total. The molecule has 0 heterocycles. The number of ether oxygens (including phenoxy) is 2. The van der Waals surface area contributed by atoms with Crippen molar-refractivity contribution in [1.82, 2.24) is 0 Å². The van der Waals surface area contributed by atoms with E-state index in [2.05, 4.69) is 26.0 Å². The number of hydrogen-bond acceptors (Lipinski definition) is 4. The van der Waals surface area contributed by atoms with Gasteiger partial charge in [-0.3, -0.25) is 4.79 Å². The maximum atomic E-state index is 12.2. The van der Waals surface area contributed by atoms with Crippen LogP contribution in [0.25, 0.3) is 0 Å². The molecule has 4 heteroatoms. The van der Waals surface area contributed by atoms with E-state index < -0.39 is 6.10 Å². The van der Waals surface area contributed by atoms with E-state index in [9.17, 15) is 9.90 Å². The second-order valence-corrected chi connectivity index (χ2v) is 15.8. The number of allylic oxidation sites excluding steroid dienone is 2. The topological polar surface area (TPSA) is 55.8 Å². The Balaban J connectivity index is 3.36. The van der Waals surface area contributed by atoms with Gasteiger partial charge in [0.1, 0.15) is 6.10 Å². The molecule has 0 bridgehead atoms. The van der Waals surface area contributed by atoms with Crippen LogP contribution in [0.15, 0.2) is 12.2 Å². The maximum absolute atomic E-state index is 12.2. The molecule has 0 aliphatic heterocycles. The van der Waals surface area contributed by atoms with Crippen LogP contribution in [0.5, 0.6) is 0 Å². The first-order chi connectivity index (χ1) is 25.2. The van der Waals surface area contributed by atoms with Gasteiger partial charge in [0, 0.05) is 13.0 Å². The maximum Gasteiger partial charge on any atom is 0.306 e. The SMILES string of the molecule is CCCCCCCC/C=C\CCCCCCCCCCOCC(CO)OC(=O)CCCCCCCCCCCCCCCCCCCCCCC. The summed E-state index contributed by atoms with van der Waals surface area (Å²) in [5, 5.41) is 9.62. The smallest absolute Gasteiger partial charge is 0.306 e. The van der Waals surface area contributed by atoms with Crippen LogP contribution in [-0.4, -0.2) is 37.0 Å². The van der Waals surface area contributed by atoms with Crippen molar-refractivity contribution in [2.45, 2.75) is 264 Å². The summed E-state index contributed by atoms with van der Waals surface area (Å²) in [7, 11) is 0. The standard InChI is InChI=1S/C47H92O4/c1-3-5-7-9-11-13-15-17-19-21-23-24-25-26-28-30-32-34-36-38-40-42-47(49)51-46(44-48)45-50-43-41-39-37-35-33-31-29-27-22-20-18-16-14-12-10-8-6-4-2/h18,20,46,48H,3-17,19,21-45H2,1-2H3/b20-18-. The van der Waals surface area contributed by atoms with E-state index in [4.69, 9.17) is 9.47 Å². The minimum atomic E-state index is -0.530. The molecular weight excluding hydrogens is 629 g/mol. The summed E-state index contributed by atoms with van der Waals surface area (Å²) < 4.78 is 11.2. The number of esters is 1. The Morgan fingerprint density at radius 3 is 1.12 bits per heavy atom. The molecule has 0 spiro atoms. The highest BCUT2D eigenvalue weighted by atomic mass is 16.6. The fourth-order valence-corrected chi connectivity index (χ4v) is 7.09. The molecule has 0 radical (unpaired) electrons. The van der Waals surface area contributed by atoms with Crippen LogP contribution in [0.4, 0.5) is 0 Å². The number of aliphatic hydroxyl groups is 1. The molecule has 0 aromatic heterocycles. The van der Waals surface area contributed by atoms with Gasteiger partial charge in [0.15, 0.2) is 0 Å². The van der Waals surface area contributed by atoms with Gasteiger partial charge in [-0.2, -0.15) is 0 Å². The van der Waals surface area contributed by atoms with Crippen LogP contribution in [0.1, 0.15) is 258 Å². The quantitative estimate of drug-likeness (QED) is 0.0387. The molecule has 0 aromatic rings. The fourth-order valence-electron chi connectivity index (χ4n) is 7.09. The minimum absolute atomic E-state index is 0.167. The van der Waals surface area contributed by atoms with E-state index >= 15 is 0 Å². The first-order valence-corrected chi connectivity index (χ1v) is 23.3. The summed E-state index contributed by atoms with van der Waals surface area (Å²) in [6.07, 6.45) is 54.3. The molecule has 4 nitrogen and oxygen atoms in total. The van der Waals surface area contributed by atoms with E-state index in [0.717, 1.165) is 19.3 Å². The molecule has 0 amide bonds. The van der Waals surface area contributed by atoms with Gasteiger partial charge >= 0.3 is 5.97 Å². The van der Waals surface area contributed by atoms with Crippen molar-refractivity contribution >= 4 is 5.97 Å². The molecule has 0 aliphatic carbocycles. The van der Waals surface area contributed by atoms with Gasteiger partial charge in [-0.05, 0) is 38.5 Å². The zero-order valence-electron chi connectivity index (χ0n) is 34.9. The third kappa shape index (κ3) is 43.4. The van der Waals surface area contributed by atoms with Gasteiger partial charge in [-0.1, -0.05) is 225 Å². The van der Waals surface area contributed by atoms with Gasteiger partial charge in [0.25, 0.3) is 0 Å². The Labute approximate surface area is 320 Å². The predicted octanol–water partition coefficient (Wildman–Crippen LogP) is 15.3. The summed E-state index contributed by atoms with van der Waals surface area (Å²) in [4.78, 5) is 12.2. The lowest BCUT2D eigenvalue weighted by atomic mass is 10.0. The lowest BCUT2D eigenvalue weighted by molar-refractivity contribution is -0.154. The molecule has 0 aliphatic rings. The molecule has 1 atom stereocenters. The van der Waals surface area contributed by atoms with Crippen LogP contribution in [-0.2, 0) is 14.3 Å². The predicted molar refractivity (Wildman–Crippen MR) is 224 cm³/mol. The van der Waals surface area contributed by atoms with E-state index in [0.29, 0.717) is 19.6 Å². The third-order valence-electron chi connectivity index (χ3n) is 10.6. The first kappa shape index (κ1) is 50.1. The monoisotopic (exact) mass is 721 g/mol. The van der Waals surface area contributed by atoms with Crippen molar-refractivity contribution in [1.29, 1.82) is 0 Å². The minimum Gasteiger partial charge on any atom is -0.457 e. The lowest BCUT2D eigenvalue weighted by Gasteiger charge is -2.16. The summed E-state index contributed by atoms with van der Waals surface area (Å²) in [5.41, 5.74) is 0. The van der Waals surface area contributed by atoms with Crippen molar-refractivity contribution in [3.05, 3.63) is 12.2 Å². The van der Waals surface area contributed by atoms with Crippen molar-refractivity contribution in [3.63, 3.8) is 0 Å². The molecule has 0 aromatic carbocycles. The zero-order valence-corrected chi connectivity index (χ0v) is 34.9. The van der Waals surface area contributed by atoms with Crippen LogP contribution in [0.2, 0.25) is 0 Å². The summed E-state index contributed by atoms with van der Waals surface area (Å²) in [5.74, 6) is -0.195. The Bertz CT molecular complexity index is 677. The van der Waals surface area contributed by atoms with E-state index in [-0.39, 0.29) is 12.6 Å². The van der Waals surface area contributed by atoms with Crippen LogP contribution in [0, 0.1) is 0 Å².